The van der Waals surface area contributed by atoms with E-state index in [4.69, 9.17) is 4.74 Å². The number of aryl methyl sites for hydroxylation is 3. The molecule has 0 aliphatic rings. The quantitative estimate of drug-likeness (QED) is 0.900. The average Bonchev–Trinajstić information content (AvgIpc) is 2.45. The Bertz CT molecular complexity index is 618. The number of nitrogens with one attached hydrogen (secondary N) is 1. The summed E-state index contributed by atoms with van der Waals surface area (Å²) in [6.07, 6.45) is 0.335. The van der Waals surface area contributed by atoms with Crippen molar-refractivity contribution < 1.29 is 9.53 Å². The van der Waals surface area contributed by atoms with Crippen LogP contribution < -0.4 is 10.1 Å². The van der Waals surface area contributed by atoms with Crippen molar-refractivity contribution >= 4 is 11.6 Å². The van der Waals surface area contributed by atoms with Gasteiger partial charge < -0.3 is 10.1 Å². The predicted molar refractivity (Wildman–Crippen MR) is 85.8 cm³/mol. The SMILES string of the molecule is Cc1ccc(NC(=O)CCOc2cc(C)ccc2C)cc1. The summed E-state index contributed by atoms with van der Waals surface area (Å²) in [5, 5.41) is 2.86. The Morgan fingerprint density at radius 1 is 1.00 bits per heavy atom. The predicted octanol–water partition coefficient (Wildman–Crippen LogP) is 4.02. The first-order valence-electron chi connectivity index (χ1n) is 7.11. The molecule has 0 saturated heterocycles. The van der Waals surface area contributed by atoms with Crippen molar-refractivity contribution in [1.82, 2.24) is 0 Å². The summed E-state index contributed by atoms with van der Waals surface area (Å²) in [5.41, 5.74) is 4.22. The Balaban J connectivity index is 1.81. The van der Waals surface area contributed by atoms with Crippen LogP contribution in [0.5, 0.6) is 5.75 Å². The highest BCUT2D eigenvalue weighted by Gasteiger charge is 2.04. The summed E-state index contributed by atoms with van der Waals surface area (Å²) in [5.74, 6) is 0.808. The Morgan fingerprint density at radius 2 is 1.67 bits per heavy atom. The van der Waals surface area contributed by atoms with Crippen molar-refractivity contribution in [3.63, 3.8) is 0 Å². The third-order valence-electron chi connectivity index (χ3n) is 3.27. The number of hydrogen-bond donors (Lipinski definition) is 1. The van der Waals surface area contributed by atoms with Crippen LogP contribution in [0.25, 0.3) is 0 Å². The molecule has 2 aromatic carbocycles. The van der Waals surface area contributed by atoms with Gasteiger partial charge in [-0.1, -0.05) is 29.8 Å². The fourth-order valence-corrected chi connectivity index (χ4v) is 1.98. The first-order chi connectivity index (χ1) is 10.0. The molecular weight excluding hydrogens is 262 g/mol. The van der Waals surface area contributed by atoms with Crippen molar-refractivity contribution in [2.24, 2.45) is 0 Å². The van der Waals surface area contributed by atoms with Crippen LogP contribution in [0.4, 0.5) is 5.69 Å². The maximum absolute atomic E-state index is 11.8. The van der Waals surface area contributed by atoms with Crippen LogP contribution in [0.1, 0.15) is 23.1 Å². The molecule has 3 nitrogen and oxygen atoms in total. The lowest BCUT2D eigenvalue weighted by Gasteiger charge is -2.10. The van der Waals surface area contributed by atoms with Gasteiger partial charge in [-0.05, 0) is 50.1 Å². The van der Waals surface area contributed by atoms with E-state index in [0.29, 0.717) is 13.0 Å². The van der Waals surface area contributed by atoms with E-state index in [2.05, 4.69) is 5.32 Å². The minimum absolute atomic E-state index is 0.0378. The van der Waals surface area contributed by atoms with Gasteiger partial charge in [0, 0.05) is 5.69 Å². The largest absolute Gasteiger partial charge is 0.493 e. The minimum Gasteiger partial charge on any atom is -0.493 e. The molecule has 1 N–H and O–H groups in total. The molecule has 3 heteroatoms. The Kier molecular flexibility index (Phi) is 4.99. The van der Waals surface area contributed by atoms with Crippen LogP contribution in [-0.2, 0) is 4.79 Å². The van der Waals surface area contributed by atoms with Crippen molar-refractivity contribution in [3.05, 3.63) is 59.2 Å². The molecule has 0 aromatic heterocycles. The van der Waals surface area contributed by atoms with Gasteiger partial charge in [0.2, 0.25) is 5.91 Å². The molecule has 2 aromatic rings. The van der Waals surface area contributed by atoms with Gasteiger partial charge in [-0.25, -0.2) is 0 Å². The molecule has 2 rings (SSSR count). The lowest BCUT2D eigenvalue weighted by Crippen LogP contribution is -2.15. The van der Waals surface area contributed by atoms with Gasteiger partial charge in [0.1, 0.15) is 5.75 Å². The van der Waals surface area contributed by atoms with E-state index in [9.17, 15) is 4.79 Å². The van der Waals surface area contributed by atoms with Crippen LogP contribution >= 0.6 is 0 Å². The third kappa shape index (κ3) is 4.63. The summed E-state index contributed by atoms with van der Waals surface area (Å²) >= 11 is 0. The normalized spacial score (nSPS) is 10.2. The number of rotatable bonds is 5. The smallest absolute Gasteiger partial charge is 0.227 e. The van der Waals surface area contributed by atoms with Gasteiger partial charge in [0.15, 0.2) is 0 Å². The van der Waals surface area contributed by atoms with Crippen molar-refractivity contribution in [1.29, 1.82) is 0 Å². The molecule has 0 fully saturated rings. The Hall–Kier alpha value is -2.29. The maximum atomic E-state index is 11.8. The van der Waals surface area contributed by atoms with Gasteiger partial charge in [0.25, 0.3) is 0 Å². The Labute approximate surface area is 126 Å². The maximum Gasteiger partial charge on any atom is 0.227 e. The van der Waals surface area contributed by atoms with Gasteiger partial charge in [-0.3, -0.25) is 4.79 Å². The zero-order chi connectivity index (χ0) is 15.2. The van der Waals surface area contributed by atoms with E-state index in [1.165, 1.54) is 5.56 Å². The van der Waals surface area contributed by atoms with E-state index in [-0.39, 0.29) is 5.91 Å². The Morgan fingerprint density at radius 3 is 2.38 bits per heavy atom. The zero-order valence-corrected chi connectivity index (χ0v) is 12.8. The number of carbonyl (C=O) groups is 1. The molecule has 0 aliphatic heterocycles. The number of carbonyl (C=O) groups excluding carboxylic acids is 1. The topological polar surface area (TPSA) is 38.3 Å². The molecule has 0 radical (unpaired) electrons. The van der Waals surface area contributed by atoms with Crippen LogP contribution in [-0.4, -0.2) is 12.5 Å². The first-order valence-corrected chi connectivity index (χ1v) is 7.11. The molecule has 110 valence electrons. The molecule has 21 heavy (non-hydrogen) atoms. The van der Waals surface area contributed by atoms with E-state index in [1.807, 2.05) is 63.2 Å². The molecule has 0 unspecified atom stereocenters. The molecule has 0 bridgehead atoms. The van der Waals surface area contributed by atoms with E-state index < -0.39 is 0 Å². The lowest BCUT2D eigenvalue weighted by molar-refractivity contribution is -0.116. The highest BCUT2D eigenvalue weighted by Crippen LogP contribution is 2.19. The summed E-state index contributed by atoms with van der Waals surface area (Å²) in [7, 11) is 0. The highest BCUT2D eigenvalue weighted by atomic mass is 16.5. The monoisotopic (exact) mass is 283 g/mol. The van der Waals surface area contributed by atoms with Crippen LogP contribution in [0.3, 0.4) is 0 Å². The molecule has 0 spiro atoms. The van der Waals surface area contributed by atoms with E-state index >= 15 is 0 Å². The minimum atomic E-state index is -0.0378. The fraction of sp³-hybridized carbons (Fsp3) is 0.278. The zero-order valence-electron chi connectivity index (χ0n) is 12.8. The number of anilines is 1. The van der Waals surface area contributed by atoms with Crippen molar-refractivity contribution in [2.45, 2.75) is 27.2 Å². The number of ether oxygens (including phenoxy) is 1. The van der Waals surface area contributed by atoms with Crippen molar-refractivity contribution in [3.8, 4) is 5.75 Å². The van der Waals surface area contributed by atoms with E-state index in [0.717, 1.165) is 22.6 Å². The number of benzene rings is 2. The highest BCUT2D eigenvalue weighted by molar-refractivity contribution is 5.90. The summed E-state index contributed by atoms with van der Waals surface area (Å²) in [4.78, 5) is 11.8. The van der Waals surface area contributed by atoms with Gasteiger partial charge in [0.05, 0.1) is 13.0 Å². The molecule has 0 atom stereocenters. The molecule has 0 saturated carbocycles. The lowest BCUT2D eigenvalue weighted by atomic mass is 10.1. The summed E-state index contributed by atoms with van der Waals surface area (Å²) in [6, 6.07) is 13.8. The number of hydrogen-bond acceptors (Lipinski definition) is 2. The number of amides is 1. The second kappa shape index (κ2) is 6.93. The van der Waals surface area contributed by atoms with E-state index in [1.54, 1.807) is 0 Å². The molecule has 0 heterocycles. The van der Waals surface area contributed by atoms with Crippen LogP contribution in [0.15, 0.2) is 42.5 Å². The van der Waals surface area contributed by atoms with Gasteiger partial charge in [-0.2, -0.15) is 0 Å². The third-order valence-corrected chi connectivity index (χ3v) is 3.27. The molecular formula is C18H21NO2. The van der Waals surface area contributed by atoms with Gasteiger partial charge in [-0.15, -0.1) is 0 Å². The molecule has 1 amide bonds. The van der Waals surface area contributed by atoms with Crippen LogP contribution in [0, 0.1) is 20.8 Å². The first kappa shape index (κ1) is 15.1. The second-order valence-electron chi connectivity index (χ2n) is 5.28. The fourth-order valence-electron chi connectivity index (χ4n) is 1.98. The summed E-state index contributed by atoms with van der Waals surface area (Å²) < 4.78 is 5.68. The van der Waals surface area contributed by atoms with Crippen LogP contribution in [0.2, 0.25) is 0 Å². The summed E-state index contributed by atoms with van der Waals surface area (Å²) in [6.45, 7) is 6.42. The average molecular weight is 283 g/mol. The van der Waals surface area contributed by atoms with Crippen molar-refractivity contribution in [2.75, 3.05) is 11.9 Å². The van der Waals surface area contributed by atoms with Gasteiger partial charge >= 0.3 is 0 Å². The molecule has 0 aliphatic carbocycles. The standard InChI is InChI=1S/C18H21NO2/c1-13-5-8-16(9-6-13)19-18(20)10-11-21-17-12-14(2)4-7-15(17)3/h4-9,12H,10-11H2,1-3H3,(H,19,20). The second-order valence-corrected chi connectivity index (χ2v) is 5.28.